The average molecular weight is 283 g/mol. The Hall–Kier alpha value is -1.01. The van der Waals surface area contributed by atoms with Crippen LogP contribution in [-0.2, 0) is 0 Å². The van der Waals surface area contributed by atoms with Crippen LogP contribution in [0.4, 0.5) is 0 Å². The molecule has 4 nitrogen and oxygen atoms in total. The van der Waals surface area contributed by atoms with E-state index in [2.05, 4.69) is 10.3 Å². The Bertz CT molecular complexity index is 413. The van der Waals surface area contributed by atoms with Crippen molar-refractivity contribution in [2.75, 3.05) is 0 Å². The second-order valence-electron chi connectivity index (χ2n) is 4.63. The Labute approximate surface area is 116 Å². The van der Waals surface area contributed by atoms with Crippen LogP contribution in [0.15, 0.2) is 10.9 Å². The normalized spacial score (nSPS) is 18.2. The maximum absolute atomic E-state index is 12.0. The fourth-order valence-corrected chi connectivity index (χ4v) is 3.21. The summed E-state index contributed by atoms with van der Waals surface area (Å²) < 4.78 is 0. The Kier molecular flexibility index (Phi) is 4.66. The van der Waals surface area contributed by atoms with Gasteiger partial charge in [-0.05, 0) is 18.8 Å². The van der Waals surface area contributed by atoms with E-state index in [0.29, 0.717) is 16.6 Å². The van der Waals surface area contributed by atoms with Crippen LogP contribution < -0.4 is 11.1 Å². The third-order valence-corrected chi connectivity index (χ3v) is 4.22. The molecule has 0 aliphatic heterocycles. The standard InChI is InChI=1S/C12H17N3OS2/c13-11(17)10(8-4-2-1-3-5-8)15-12(16)9-6-18-7-14-9/h6-8,10H,1-5H2,(H2,13,17)(H,15,16). The van der Waals surface area contributed by atoms with Gasteiger partial charge in [0.05, 0.1) is 16.5 Å². The number of carbonyl (C=O) groups excluding carboxylic acids is 1. The number of thiazole rings is 1. The van der Waals surface area contributed by atoms with Crippen molar-refractivity contribution in [2.45, 2.75) is 38.1 Å². The molecule has 1 aliphatic rings. The molecule has 0 bridgehead atoms. The lowest BCUT2D eigenvalue weighted by atomic mass is 9.84. The highest BCUT2D eigenvalue weighted by Crippen LogP contribution is 2.26. The summed E-state index contributed by atoms with van der Waals surface area (Å²) in [7, 11) is 0. The van der Waals surface area contributed by atoms with Crippen molar-refractivity contribution in [3.05, 3.63) is 16.6 Å². The van der Waals surface area contributed by atoms with E-state index in [1.807, 2.05) is 0 Å². The van der Waals surface area contributed by atoms with E-state index in [-0.39, 0.29) is 11.9 Å². The molecule has 98 valence electrons. The Morgan fingerprint density at radius 1 is 1.50 bits per heavy atom. The molecule has 1 amide bonds. The van der Waals surface area contributed by atoms with Crippen LogP contribution in [0.5, 0.6) is 0 Å². The SMILES string of the molecule is NC(=S)C(NC(=O)c1cscn1)C1CCCCC1. The number of amides is 1. The minimum atomic E-state index is -0.200. The zero-order valence-corrected chi connectivity index (χ0v) is 11.7. The topological polar surface area (TPSA) is 68.0 Å². The van der Waals surface area contributed by atoms with Crippen molar-refractivity contribution in [1.82, 2.24) is 10.3 Å². The number of thiocarbonyl (C=S) groups is 1. The van der Waals surface area contributed by atoms with Crippen LogP contribution in [0, 0.1) is 5.92 Å². The van der Waals surface area contributed by atoms with E-state index in [1.165, 1.54) is 30.6 Å². The van der Waals surface area contributed by atoms with E-state index in [4.69, 9.17) is 18.0 Å². The fourth-order valence-electron chi connectivity index (χ4n) is 2.43. The molecule has 1 unspecified atom stereocenters. The van der Waals surface area contributed by atoms with Crippen LogP contribution in [-0.4, -0.2) is 21.9 Å². The predicted molar refractivity (Wildman–Crippen MR) is 76.7 cm³/mol. The molecule has 1 fully saturated rings. The molecule has 0 aromatic carbocycles. The van der Waals surface area contributed by atoms with Gasteiger partial charge in [-0.3, -0.25) is 4.79 Å². The van der Waals surface area contributed by atoms with Gasteiger partial charge in [0.2, 0.25) is 0 Å². The maximum atomic E-state index is 12.0. The van der Waals surface area contributed by atoms with E-state index < -0.39 is 0 Å². The third-order valence-electron chi connectivity index (χ3n) is 3.38. The number of nitrogens with one attached hydrogen (secondary N) is 1. The van der Waals surface area contributed by atoms with Crippen LogP contribution in [0.2, 0.25) is 0 Å². The fraction of sp³-hybridized carbons (Fsp3) is 0.583. The third kappa shape index (κ3) is 3.26. The van der Waals surface area contributed by atoms with Crippen molar-refractivity contribution < 1.29 is 4.79 Å². The molecule has 0 radical (unpaired) electrons. The van der Waals surface area contributed by atoms with Gasteiger partial charge in [0.15, 0.2) is 0 Å². The largest absolute Gasteiger partial charge is 0.392 e. The number of hydrogen-bond donors (Lipinski definition) is 2. The first-order chi connectivity index (χ1) is 8.68. The Morgan fingerprint density at radius 3 is 2.78 bits per heavy atom. The van der Waals surface area contributed by atoms with Gasteiger partial charge in [-0.1, -0.05) is 31.5 Å². The second-order valence-corrected chi connectivity index (χ2v) is 5.82. The lowest BCUT2D eigenvalue weighted by Gasteiger charge is -2.29. The molecular formula is C12H17N3OS2. The molecule has 1 heterocycles. The molecule has 2 rings (SSSR count). The summed E-state index contributed by atoms with van der Waals surface area (Å²) in [5, 5.41) is 4.66. The number of aromatic nitrogens is 1. The Balaban J connectivity index is 2.02. The highest BCUT2D eigenvalue weighted by Gasteiger charge is 2.27. The molecule has 0 saturated heterocycles. The molecule has 1 aliphatic carbocycles. The molecular weight excluding hydrogens is 266 g/mol. The molecule has 0 spiro atoms. The summed E-state index contributed by atoms with van der Waals surface area (Å²) in [5.74, 6) is 0.193. The first-order valence-electron chi connectivity index (χ1n) is 6.17. The van der Waals surface area contributed by atoms with Gasteiger partial charge in [0.1, 0.15) is 5.69 Å². The monoisotopic (exact) mass is 283 g/mol. The maximum Gasteiger partial charge on any atom is 0.271 e. The van der Waals surface area contributed by atoms with Crippen molar-refractivity contribution in [2.24, 2.45) is 11.7 Å². The van der Waals surface area contributed by atoms with Gasteiger partial charge < -0.3 is 11.1 Å². The smallest absolute Gasteiger partial charge is 0.271 e. The first kappa shape index (κ1) is 13.4. The lowest BCUT2D eigenvalue weighted by Crippen LogP contribution is -2.48. The molecule has 1 atom stereocenters. The van der Waals surface area contributed by atoms with Gasteiger partial charge in [0, 0.05) is 5.38 Å². The van der Waals surface area contributed by atoms with Gasteiger partial charge in [-0.15, -0.1) is 11.3 Å². The summed E-state index contributed by atoms with van der Waals surface area (Å²) in [6, 6.07) is -0.200. The Morgan fingerprint density at radius 2 is 2.22 bits per heavy atom. The summed E-state index contributed by atoms with van der Waals surface area (Å²) >= 11 is 6.49. The number of hydrogen-bond acceptors (Lipinski definition) is 4. The zero-order valence-electron chi connectivity index (χ0n) is 10.1. The quantitative estimate of drug-likeness (QED) is 0.830. The molecule has 1 aromatic rings. The number of nitrogens with two attached hydrogens (primary N) is 1. The summed E-state index contributed by atoms with van der Waals surface area (Å²) in [5.41, 5.74) is 7.85. The van der Waals surface area contributed by atoms with Crippen molar-refractivity contribution >= 4 is 34.5 Å². The minimum absolute atomic E-state index is 0.181. The van der Waals surface area contributed by atoms with E-state index in [0.717, 1.165) is 12.8 Å². The molecule has 18 heavy (non-hydrogen) atoms. The van der Waals surface area contributed by atoms with Crippen molar-refractivity contribution in [3.8, 4) is 0 Å². The zero-order chi connectivity index (χ0) is 13.0. The minimum Gasteiger partial charge on any atom is -0.392 e. The van der Waals surface area contributed by atoms with Gasteiger partial charge >= 0.3 is 0 Å². The van der Waals surface area contributed by atoms with E-state index >= 15 is 0 Å². The molecule has 3 N–H and O–H groups in total. The second kappa shape index (κ2) is 6.24. The highest BCUT2D eigenvalue weighted by atomic mass is 32.1. The van der Waals surface area contributed by atoms with Gasteiger partial charge in [0.25, 0.3) is 5.91 Å². The van der Waals surface area contributed by atoms with Crippen molar-refractivity contribution in [1.29, 1.82) is 0 Å². The predicted octanol–water partition coefficient (Wildman–Crippen LogP) is 2.11. The summed E-state index contributed by atoms with van der Waals surface area (Å²) in [4.78, 5) is 16.4. The lowest BCUT2D eigenvalue weighted by molar-refractivity contribution is 0.0927. The van der Waals surface area contributed by atoms with Gasteiger partial charge in [-0.2, -0.15) is 0 Å². The summed E-state index contributed by atoms with van der Waals surface area (Å²) in [6.07, 6.45) is 5.81. The van der Waals surface area contributed by atoms with Crippen LogP contribution in [0.1, 0.15) is 42.6 Å². The van der Waals surface area contributed by atoms with Crippen LogP contribution >= 0.6 is 23.6 Å². The van der Waals surface area contributed by atoms with Crippen molar-refractivity contribution in [3.63, 3.8) is 0 Å². The number of nitrogens with zero attached hydrogens (tertiary/aromatic N) is 1. The molecule has 1 aromatic heterocycles. The van der Waals surface area contributed by atoms with Crippen LogP contribution in [0.25, 0.3) is 0 Å². The van der Waals surface area contributed by atoms with E-state index in [1.54, 1.807) is 10.9 Å². The summed E-state index contributed by atoms with van der Waals surface area (Å²) in [6.45, 7) is 0. The van der Waals surface area contributed by atoms with Crippen LogP contribution in [0.3, 0.4) is 0 Å². The molecule has 1 saturated carbocycles. The molecule has 6 heteroatoms. The first-order valence-corrected chi connectivity index (χ1v) is 7.52. The van der Waals surface area contributed by atoms with E-state index in [9.17, 15) is 4.79 Å². The number of carbonyl (C=O) groups is 1. The highest BCUT2D eigenvalue weighted by molar-refractivity contribution is 7.80. The number of rotatable bonds is 4. The average Bonchev–Trinajstić information content (AvgIpc) is 2.90. The van der Waals surface area contributed by atoms with Gasteiger partial charge in [-0.25, -0.2) is 4.98 Å².